The molecule has 0 amide bonds. The minimum absolute atomic E-state index is 0.0324. The highest BCUT2D eigenvalue weighted by Gasteiger charge is 2.24. The molecule has 0 radical (unpaired) electrons. The first-order valence-corrected chi connectivity index (χ1v) is 8.22. The quantitative estimate of drug-likeness (QED) is 0.709. The van der Waals surface area contributed by atoms with Gasteiger partial charge in [0.1, 0.15) is 0 Å². The lowest BCUT2D eigenvalue weighted by molar-refractivity contribution is -0.139. The van der Waals surface area contributed by atoms with Gasteiger partial charge in [-0.1, -0.05) is 48.5 Å². The second-order valence-electron chi connectivity index (χ2n) is 7.22. The summed E-state index contributed by atoms with van der Waals surface area (Å²) in [4.78, 5) is 13.3. The smallest absolute Gasteiger partial charge is 0.317 e. The Bertz CT molecular complexity index is 893. The Hall–Kier alpha value is -2.39. The first-order chi connectivity index (χ1) is 11.4. The number of aliphatic carboxylic acids is 1. The van der Waals surface area contributed by atoms with E-state index in [1.54, 1.807) is 0 Å². The van der Waals surface area contributed by atoms with Gasteiger partial charge < -0.3 is 5.11 Å². The van der Waals surface area contributed by atoms with E-state index >= 15 is 0 Å². The van der Waals surface area contributed by atoms with Crippen molar-refractivity contribution in [1.29, 1.82) is 0 Å². The van der Waals surface area contributed by atoms with E-state index in [2.05, 4.69) is 63.2 Å². The normalized spacial score (nSPS) is 12.2. The number of carboxylic acid groups (broad SMARTS) is 1. The molecule has 3 heteroatoms. The van der Waals surface area contributed by atoms with Gasteiger partial charge in [0.05, 0.1) is 6.54 Å². The lowest BCUT2D eigenvalue weighted by Gasteiger charge is -2.34. The molecule has 3 rings (SSSR count). The molecule has 124 valence electrons. The Morgan fingerprint density at radius 3 is 2.17 bits per heavy atom. The van der Waals surface area contributed by atoms with Crippen molar-refractivity contribution in [1.82, 2.24) is 4.90 Å². The van der Waals surface area contributed by atoms with Gasteiger partial charge in [-0.3, -0.25) is 9.69 Å². The van der Waals surface area contributed by atoms with Crippen LogP contribution >= 0.6 is 0 Å². The average Bonchev–Trinajstić information content (AvgIpc) is 2.53. The largest absolute Gasteiger partial charge is 0.480 e. The van der Waals surface area contributed by atoms with Crippen LogP contribution in [0.4, 0.5) is 0 Å². The molecule has 0 aliphatic rings. The molecule has 0 saturated heterocycles. The van der Waals surface area contributed by atoms with Crippen molar-refractivity contribution in [3.8, 4) is 0 Å². The maximum absolute atomic E-state index is 11.3. The van der Waals surface area contributed by atoms with Crippen LogP contribution in [0.2, 0.25) is 0 Å². The van der Waals surface area contributed by atoms with E-state index in [-0.39, 0.29) is 12.1 Å². The molecule has 3 aromatic rings. The maximum atomic E-state index is 11.3. The average molecular weight is 321 g/mol. The van der Waals surface area contributed by atoms with Crippen LogP contribution in [0, 0.1) is 0 Å². The van der Waals surface area contributed by atoms with Crippen molar-refractivity contribution in [3.05, 3.63) is 60.2 Å². The SMILES string of the molecule is CC(C)(C)N(CC(=O)O)Cc1cc2ccccc2c2ccccc12. The minimum Gasteiger partial charge on any atom is -0.480 e. The summed E-state index contributed by atoms with van der Waals surface area (Å²) in [5.74, 6) is -0.796. The van der Waals surface area contributed by atoms with Crippen molar-refractivity contribution in [2.24, 2.45) is 0 Å². The first-order valence-electron chi connectivity index (χ1n) is 8.22. The summed E-state index contributed by atoms with van der Waals surface area (Å²) < 4.78 is 0. The summed E-state index contributed by atoms with van der Waals surface area (Å²) in [5.41, 5.74) is 0.950. The van der Waals surface area contributed by atoms with Gasteiger partial charge >= 0.3 is 5.97 Å². The first kappa shape index (κ1) is 16.5. The summed E-state index contributed by atoms with van der Waals surface area (Å²) in [6.45, 7) is 6.81. The zero-order chi connectivity index (χ0) is 17.3. The molecule has 0 saturated carbocycles. The van der Waals surface area contributed by atoms with Gasteiger partial charge in [-0.2, -0.15) is 0 Å². The van der Waals surface area contributed by atoms with E-state index in [1.165, 1.54) is 27.1 Å². The highest BCUT2D eigenvalue weighted by molar-refractivity contribution is 6.08. The Morgan fingerprint density at radius 2 is 1.54 bits per heavy atom. The molecule has 0 bridgehead atoms. The van der Waals surface area contributed by atoms with Gasteiger partial charge in [-0.25, -0.2) is 0 Å². The third-order valence-electron chi connectivity index (χ3n) is 4.49. The lowest BCUT2D eigenvalue weighted by atomic mass is 9.96. The van der Waals surface area contributed by atoms with E-state index in [9.17, 15) is 9.90 Å². The monoisotopic (exact) mass is 321 g/mol. The van der Waals surface area contributed by atoms with Crippen LogP contribution in [0.25, 0.3) is 21.5 Å². The second-order valence-corrected chi connectivity index (χ2v) is 7.22. The van der Waals surface area contributed by atoms with Crippen molar-refractivity contribution >= 4 is 27.5 Å². The second kappa shape index (κ2) is 6.25. The molecular formula is C21H23NO2. The predicted octanol–water partition coefficient (Wildman–Crippen LogP) is 4.68. The minimum atomic E-state index is -0.796. The molecule has 1 N–H and O–H groups in total. The molecule has 0 aromatic heterocycles. The number of rotatable bonds is 4. The number of nitrogens with zero attached hydrogens (tertiary/aromatic N) is 1. The van der Waals surface area contributed by atoms with E-state index in [4.69, 9.17) is 0 Å². The third kappa shape index (κ3) is 3.26. The summed E-state index contributed by atoms with van der Waals surface area (Å²) >= 11 is 0. The summed E-state index contributed by atoms with van der Waals surface area (Å²) in [7, 11) is 0. The van der Waals surface area contributed by atoms with Crippen molar-refractivity contribution in [2.75, 3.05) is 6.54 Å². The van der Waals surface area contributed by atoms with Crippen molar-refractivity contribution in [3.63, 3.8) is 0 Å². The molecule has 0 heterocycles. The van der Waals surface area contributed by atoms with Crippen LogP contribution in [0.5, 0.6) is 0 Å². The van der Waals surface area contributed by atoms with E-state index in [1.807, 2.05) is 17.0 Å². The predicted molar refractivity (Wildman–Crippen MR) is 99.3 cm³/mol. The van der Waals surface area contributed by atoms with Gasteiger partial charge in [0.15, 0.2) is 0 Å². The molecule has 0 spiro atoms. The molecular weight excluding hydrogens is 298 g/mol. The van der Waals surface area contributed by atoms with Gasteiger partial charge in [0, 0.05) is 12.1 Å². The number of hydrogen-bond acceptors (Lipinski definition) is 2. The topological polar surface area (TPSA) is 40.5 Å². The molecule has 0 unspecified atom stereocenters. The van der Waals surface area contributed by atoms with Crippen LogP contribution in [-0.4, -0.2) is 28.1 Å². The summed E-state index contributed by atoms with van der Waals surface area (Å²) in [5, 5.41) is 14.1. The number of carbonyl (C=O) groups is 1. The van der Waals surface area contributed by atoms with Crippen LogP contribution in [-0.2, 0) is 11.3 Å². The summed E-state index contributed by atoms with van der Waals surface area (Å²) in [6.07, 6.45) is 0. The number of carboxylic acids is 1. The van der Waals surface area contributed by atoms with E-state index in [0.29, 0.717) is 6.54 Å². The zero-order valence-corrected chi connectivity index (χ0v) is 14.4. The maximum Gasteiger partial charge on any atom is 0.317 e. The molecule has 0 atom stereocenters. The van der Waals surface area contributed by atoms with Crippen LogP contribution in [0.3, 0.4) is 0 Å². The lowest BCUT2D eigenvalue weighted by Crippen LogP contribution is -2.43. The number of benzene rings is 3. The Kier molecular flexibility index (Phi) is 4.29. The summed E-state index contributed by atoms with van der Waals surface area (Å²) in [6, 6.07) is 18.9. The number of fused-ring (bicyclic) bond motifs is 3. The van der Waals surface area contributed by atoms with Gasteiger partial charge in [-0.15, -0.1) is 0 Å². The van der Waals surface area contributed by atoms with Crippen LogP contribution in [0.1, 0.15) is 26.3 Å². The molecule has 24 heavy (non-hydrogen) atoms. The van der Waals surface area contributed by atoms with E-state index < -0.39 is 5.97 Å². The van der Waals surface area contributed by atoms with Crippen molar-refractivity contribution in [2.45, 2.75) is 32.9 Å². The Labute approximate surface area is 142 Å². The van der Waals surface area contributed by atoms with Crippen LogP contribution < -0.4 is 0 Å². The fourth-order valence-electron chi connectivity index (χ4n) is 3.16. The molecule has 3 aromatic carbocycles. The molecule has 0 aliphatic carbocycles. The van der Waals surface area contributed by atoms with Gasteiger partial charge in [0.2, 0.25) is 0 Å². The molecule has 3 nitrogen and oxygen atoms in total. The Morgan fingerprint density at radius 1 is 0.958 bits per heavy atom. The number of hydrogen-bond donors (Lipinski definition) is 1. The Balaban J connectivity index is 2.15. The van der Waals surface area contributed by atoms with Gasteiger partial charge in [0.25, 0.3) is 0 Å². The van der Waals surface area contributed by atoms with E-state index in [0.717, 1.165) is 0 Å². The standard InChI is InChI=1S/C21H23NO2/c1-21(2,3)22(14-20(23)24)13-16-12-15-8-4-5-9-17(15)19-11-7-6-10-18(16)19/h4-12H,13-14H2,1-3H3,(H,23,24). The van der Waals surface area contributed by atoms with Crippen LogP contribution in [0.15, 0.2) is 54.6 Å². The molecule has 0 aliphatic heterocycles. The zero-order valence-electron chi connectivity index (χ0n) is 14.4. The fraction of sp³-hybridized carbons (Fsp3) is 0.286. The molecule has 0 fully saturated rings. The van der Waals surface area contributed by atoms with Crippen molar-refractivity contribution < 1.29 is 9.90 Å². The third-order valence-corrected chi connectivity index (χ3v) is 4.49. The van der Waals surface area contributed by atoms with Gasteiger partial charge in [-0.05, 0) is 53.9 Å². The highest BCUT2D eigenvalue weighted by atomic mass is 16.4. The highest BCUT2D eigenvalue weighted by Crippen LogP contribution is 2.30. The fourth-order valence-corrected chi connectivity index (χ4v) is 3.16.